The molecule has 180 valence electrons. The van der Waals surface area contributed by atoms with Gasteiger partial charge >= 0.3 is 0 Å². The van der Waals surface area contributed by atoms with E-state index in [1.165, 1.54) is 11.8 Å². The second-order valence-electron chi connectivity index (χ2n) is 9.40. The van der Waals surface area contributed by atoms with Gasteiger partial charge in [0.25, 0.3) is 11.5 Å². The van der Waals surface area contributed by atoms with Gasteiger partial charge in [0.2, 0.25) is 0 Å². The van der Waals surface area contributed by atoms with Crippen LogP contribution in [0.5, 0.6) is 0 Å². The van der Waals surface area contributed by atoms with E-state index < -0.39 is 0 Å². The molecular formula is C27H28N4O2S2. The molecule has 1 atom stereocenters. The summed E-state index contributed by atoms with van der Waals surface area (Å²) in [5.41, 5.74) is 2.85. The highest BCUT2D eigenvalue weighted by Crippen LogP contribution is 2.38. The Balaban J connectivity index is 1.59. The molecule has 2 aliphatic rings. The van der Waals surface area contributed by atoms with E-state index in [1.54, 1.807) is 21.6 Å². The molecule has 0 aliphatic carbocycles. The van der Waals surface area contributed by atoms with Crippen molar-refractivity contribution in [2.45, 2.75) is 39.7 Å². The van der Waals surface area contributed by atoms with E-state index in [1.807, 2.05) is 56.3 Å². The molecule has 5 rings (SSSR count). The monoisotopic (exact) mass is 504 g/mol. The molecule has 6 nitrogen and oxygen atoms in total. The van der Waals surface area contributed by atoms with E-state index in [0.29, 0.717) is 32.2 Å². The van der Waals surface area contributed by atoms with Crippen LogP contribution in [-0.2, 0) is 4.79 Å². The summed E-state index contributed by atoms with van der Waals surface area (Å²) >= 11 is 6.85. The van der Waals surface area contributed by atoms with Gasteiger partial charge in [0, 0.05) is 19.3 Å². The van der Waals surface area contributed by atoms with Crippen LogP contribution >= 0.6 is 24.0 Å². The third kappa shape index (κ3) is 4.52. The Morgan fingerprint density at radius 1 is 1.11 bits per heavy atom. The van der Waals surface area contributed by atoms with Gasteiger partial charge in [0.1, 0.15) is 15.8 Å². The van der Waals surface area contributed by atoms with Crippen molar-refractivity contribution in [1.82, 2.24) is 14.3 Å². The minimum Gasteiger partial charge on any atom is -0.356 e. The topological polar surface area (TPSA) is 57.9 Å². The predicted molar refractivity (Wildman–Crippen MR) is 147 cm³/mol. The number of nitrogens with zero attached hydrogens (tertiary/aromatic N) is 4. The van der Waals surface area contributed by atoms with Gasteiger partial charge in [-0.2, -0.15) is 0 Å². The van der Waals surface area contributed by atoms with Crippen LogP contribution in [-0.4, -0.2) is 37.6 Å². The molecule has 2 aromatic heterocycles. The maximum Gasteiger partial charge on any atom is 0.267 e. The number of aryl methyl sites for hydroxylation is 1. The summed E-state index contributed by atoms with van der Waals surface area (Å²) in [6, 6.07) is 13.5. The van der Waals surface area contributed by atoms with E-state index in [0.717, 1.165) is 37.1 Å². The number of thiocarbonyl (C=S) groups is 1. The Morgan fingerprint density at radius 3 is 2.54 bits per heavy atom. The van der Waals surface area contributed by atoms with E-state index in [-0.39, 0.29) is 17.5 Å². The number of piperidine rings is 1. The molecule has 2 saturated heterocycles. The number of benzene rings is 1. The first-order valence-electron chi connectivity index (χ1n) is 11.9. The minimum absolute atomic E-state index is 0.173. The molecule has 1 amide bonds. The van der Waals surface area contributed by atoms with Gasteiger partial charge in [-0.05, 0) is 55.9 Å². The number of pyridine rings is 1. The molecule has 1 aromatic carbocycles. The summed E-state index contributed by atoms with van der Waals surface area (Å²) in [4.78, 5) is 36.4. The van der Waals surface area contributed by atoms with Crippen LogP contribution in [0.4, 0.5) is 5.82 Å². The highest BCUT2D eigenvalue weighted by Gasteiger charge is 2.36. The summed E-state index contributed by atoms with van der Waals surface area (Å²) in [5, 5.41) is 0. The van der Waals surface area contributed by atoms with Crippen LogP contribution in [0.2, 0.25) is 0 Å². The Bertz CT molecular complexity index is 1390. The third-order valence-electron chi connectivity index (χ3n) is 6.84. The van der Waals surface area contributed by atoms with Crippen LogP contribution < -0.4 is 10.5 Å². The molecule has 8 heteroatoms. The van der Waals surface area contributed by atoms with Crippen molar-refractivity contribution in [2.24, 2.45) is 5.92 Å². The number of anilines is 1. The van der Waals surface area contributed by atoms with Crippen molar-refractivity contribution in [2.75, 3.05) is 18.0 Å². The average Bonchev–Trinajstić information content (AvgIpc) is 3.14. The summed E-state index contributed by atoms with van der Waals surface area (Å²) in [7, 11) is 0. The number of fused-ring (bicyclic) bond motifs is 1. The molecule has 0 radical (unpaired) electrons. The number of carbonyl (C=O) groups excluding carboxylic acids is 1. The molecule has 0 bridgehead atoms. The molecular weight excluding hydrogens is 476 g/mol. The van der Waals surface area contributed by atoms with Crippen molar-refractivity contribution in [3.05, 3.63) is 80.6 Å². The van der Waals surface area contributed by atoms with Crippen LogP contribution in [0.25, 0.3) is 11.7 Å². The number of hydrogen-bond acceptors (Lipinski definition) is 6. The standard InChI is InChI=1S/C27H28N4O2S2/c1-17-11-13-29(14-12-17)24-21(25(32)30-16-18(2)9-10-23(30)28-24)15-22-26(33)31(27(34)35-22)19(3)20-7-5-4-6-8-20/h4-10,15-17,19H,11-14H2,1-3H3/b22-15-. The van der Waals surface area contributed by atoms with Gasteiger partial charge < -0.3 is 4.90 Å². The van der Waals surface area contributed by atoms with Crippen LogP contribution in [0.3, 0.4) is 0 Å². The first-order valence-corrected chi connectivity index (χ1v) is 13.2. The molecule has 0 saturated carbocycles. The van der Waals surface area contributed by atoms with Crippen LogP contribution in [0.1, 0.15) is 49.4 Å². The van der Waals surface area contributed by atoms with Gasteiger partial charge in [0.15, 0.2) is 0 Å². The van der Waals surface area contributed by atoms with E-state index in [2.05, 4.69) is 11.8 Å². The molecule has 3 aromatic rings. The molecule has 1 unspecified atom stereocenters. The number of carbonyl (C=O) groups is 1. The van der Waals surface area contributed by atoms with Gasteiger partial charge in [-0.1, -0.05) is 67.3 Å². The van der Waals surface area contributed by atoms with Crippen LogP contribution in [0.15, 0.2) is 58.4 Å². The van der Waals surface area contributed by atoms with Crippen molar-refractivity contribution in [1.29, 1.82) is 0 Å². The molecule has 2 aliphatic heterocycles. The summed E-state index contributed by atoms with van der Waals surface area (Å²) in [5.74, 6) is 1.12. The van der Waals surface area contributed by atoms with E-state index in [9.17, 15) is 9.59 Å². The highest BCUT2D eigenvalue weighted by atomic mass is 32.2. The normalized spacial score (nSPS) is 19.2. The maximum atomic E-state index is 13.7. The lowest BCUT2D eigenvalue weighted by Gasteiger charge is -2.32. The largest absolute Gasteiger partial charge is 0.356 e. The lowest BCUT2D eigenvalue weighted by Crippen LogP contribution is -2.36. The van der Waals surface area contributed by atoms with Crippen molar-refractivity contribution < 1.29 is 4.79 Å². The Morgan fingerprint density at radius 2 is 1.83 bits per heavy atom. The third-order valence-corrected chi connectivity index (χ3v) is 8.17. The van der Waals surface area contributed by atoms with E-state index in [4.69, 9.17) is 17.2 Å². The highest BCUT2D eigenvalue weighted by molar-refractivity contribution is 8.26. The van der Waals surface area contributed by atoms with Crippen molar-refractivity contribution in [3.63, 3.8) is 0 Å². The summed E-state index contributed by atoms with van der Waals surface area (Å²) in [6.45, 7) is 7.84. The van der Waals surface area contributed by atoms with Crippen molar-refractivity contribution in [3.8, 4) is 0 Å². The first kappa shape index (κ1) is 23.8. The average molecular weight is 505 g/mol. The quantitative estimate of drug-likeness (QED) is 0.360. The van der Waals surface area contributed by atoms with Crippen molar-refractivity contribution >= 4 is 51.7 Å². The fraction of sp³-hybridized carbons (Fsp3) is 0.333. The number of amides is 1. The molecule has 0 spiro atoms. The zero-order valence-corrected chi connectivity index (χ0v) is 21.7. The van der Waals surface area contributed by atoms with Gasteiger partial charge in [0.05, 0.1) is 16.5 Å². The summed E-state index contributed by atoms with van der Waals surface area (Å²) < 4.78 is 2.07. The number of thioether (sulfide) groups is 1. The zero-order valence-electron chi connectivity index (χ0n) is 20.1. The Labute approximate surface area is 214 Å². The first-order chi connectivity index (χ1) is 16.8. The zero-order chi connectivity index (χ0) is 24.7. The second-order valence-corrected chi connectivity index (χ2v) is 11.1. The SMILES string of the molecule is Cc1ccc2nc(N3CCC(C)CC3)c(/C=C3\SC(=S)N(C(C)c4ccccc4)C3=O)c(=O)n2c1. The summed E-state index contributed by atoms with van der Waals surface area (Å²) in [6.07, 6.45) is 5.59. The Hall–Kier alpha value is -2.97. The lowest BCUT2D eigenvalue weighted by atomic mass is 9.99. The molecule has 0 N–H and O–H groups in total. The van der Waals surface area contributed by atoms with E-state index >= 15 is 0 Å². The van der Waals surface area contributed by atoms with Gasteiger partial charge in [-0.15, -0.1) is 0 Å². The Kier molecular flexibility index (Phi) is 6.51. The second kappa shape index (κ2) is 9.59. The lowest BCUT2D eigenvalue weighted by molar-refractivity contribution is -0.123. The smallest absolute Gasteiger partial charge is 0.267 e. The fourth-order valence-corrected chi connectivity index (χ4v) is 6.06. The number of aromatic nitrogens is 2. The molecule has 2 fully saturated rings. The maximum absolute atomic E-state index is 13.7. The van der Waals surface area contributed by atoms with Gasteiger partial charge in [-0.25, -0.2) is 4.98 Å². The molecule has 4 heterocycles. The van der Waals surface area contributed by atoms with Crippen LogP contribution in [0, 0.1) is 12.8 Å². The molecule has 35 heavy (non-hydrogen) atoms. The number of rotatable bonds is 4. The van der Waals surface area contributed by atoms with Gasteiger partial charge in [-0.3, -0.25) is 18.9 Å². The fourth-order valence-electron chi connectivity index (χ4n) is 4.66. The predicted octanol–water partition coefficient (Wildman–Crippen LogP) is 5.20. The minimum atomic E-state index is -0.198. The number of hydrogen-bond donors (Lipinski definition) is 0.